The summed E-state index contributed by atoms with van der Waals surface area (Å²) in [6, 6.07) is 13.4. The number of carbonyl (C=O) groups is 1. The highest BCUT2D eigenvalue weighted by molar-refractivity contribution is 5.73. The molecule has 6 nitrogen and oxygen atoms in total. The quantitative estimate of drug-likeness (QED) is 0.725. The molecule has 0 fully saturated rings. The van der Waals surface area contributed by atoms with Crippen LogP contribution in [0.1, 0.15) is 17.0 Å². The Balaban J connectivity index is 1.43. The van der Waals surface area contributed by atoms with Crippen LogP contribution in [0.3, 0.4) is 0 Å². The molecule has 0 unspecified atom stereocenters. The number of hydrogen-bond acceptors (Lipinski definition) is 4. The summed E-state index contributed by atoms with van der Waals surface area (Å²) in [6.45, 7) is 2.91. The Morgan fingerprint density at radius 1 is 1.08 bits per heavy atom. The molecule has 1 aromatic carbocycles. The van der Waals surface area contributed by atoms with E-state index in [4.69, 9.17) is 4.42 Å². The van der Waals surface area contributed by atoms with Crippen molar-refractivity contribution in [2.75, 3.05) is 6.54 Å². The number of amides is 2. The van der Waals surface area contributed by atoms with E-state index < -0.39 is 0 Å². The number of aromatic nitrogens is 2. The van der Waals surface area contributed by atoms with Crippen molar-refractivity contribution in [1.82, 2.24) is 20.6 Å². The number of pyridine rings is 1. The zero-order chi connectivity index (χ0) is 17.5. The van der Waals surface area contributed by atoms with E-state index in [1.54, 1.807) is 12.5 Å². The lowest BCUT2D eigenvalue weighted by Crippen LogP contribution is -2.36. The number of rotatable bonds is 6. The number of carbonyl (C=O) groups excluding carboxylic acids is 1. The number of oxazole rings is 1. The summed E-state index contributed by atoms with van der Waals surface area (Å²) < 4.78 is 5.51. The average molecular weight is 336 g/mol. The first-order chi connectivity index (χ1) is 12.2. The first-order valence-electron chi connectivity index (χ1n) is 8.14. The summed E-state index contributed by atoms with van der Waals surface area (Å²) in [5.74, 6) is 0.592. The van der Waals surface area contributed by atoms with Crippen molar-refractivity contribution in [2.24, 2.45) is 0 Å². The molecular weight excluding hydrogens is 316 g/mol. The van der Waals surface area contributed by atoms with Crippen molar-refractivity contribution in [3.05, 3.63) is 71.9 Å². The van der Waals surface area contributed by atoms with Crippen LogP contribution in [-0.2, 0) is 13.0 Å². The summed E-state index contributed by atoms with van der Waals surface area (Å²) in [5, 5.41) is 5.56. The van der Waals surface area contributed by atoms with Gasteiger partial charge in [0.05, 0.1) is 17.9 Å². The van der Waals surface area contributed by atoms with Gasteiger partial charge in [-0.2, -0.15) is 0 Å². The number of nitrogens with zero attached hydrogens (tertiary/aromatic N) is 2. The standard InChI is InChI=1S/C19H20N4O2/c1-14-5-7-15(8-6-14)18-23-17(13-25-18)9-11-21-19(24)22-12-16-4-2-3-10-20-16/h2-8,10,13H,9,11-12H2,1H3,(H2,21,22,24). The number of hydrogen-bond donors (Lipinski definition) is 2. The van der Waals surface area contributed by atoms with E-state index in [1.165, 1.54) is 5.56 Å². The van der Waals surface area contributed by atoms with Crippen LogP contribution >= 0.6 is 0 Å². The second kappa shape index (κ2) is 8.10. The van der Waals surface area contributed by atoms with Gasteiger partial charge in [-0.15, -0.1) is 0 Å². The largest absolute Gasteiger partial charge is 0.444 e. The molecule has 0 radical (unpaired) electrons. The van der Waals surface area contributed by atoms with E-state index in [1.807, 2.05) is 49.4 Å². The van der Waals surface area contributed by atoms with Crippen LogP contribution < -0.4 is 10.6 Å². The highest BCUT2D eigenvalue weighted by atomic mass is 16.3. The summed E-state index contributed by atoms with van der Waals surface area (Å²) in [4.78, 5) is 20.4. The molecule has 3 aromatic rings. The summed E-state index contributed by atoms with van der Waals surface area (Å²) >= 11 is 0. The SMILES string of the molecule is Cc1ccc(-c2nc(CCNC(=O)NCc3ccccn3)co2)cc1. The zero-order valence-corrected chi connectivity index (χ0v) is 14.0. The van der Waals surface area contributed by atoms with Gasteiger partial charge >= 0.3 is 6.03 Å². The lowest BCUT2D eigenvalue weighted by atomic mass is 10.1. The monoisotopic (exact) mass is 336 g/mol. The van der Waals surface area contributed by atoms with E-state index in [9.17, 15) is 4.79 Å². The lowest BCUT2D eigenvalue weighted by Gasteiger charge is -2.06. The maximum atomic E-state index is 11.8. The number of benzene rings is 1. The summed E-state index contributed by atoms with van der Waals surface area (Å²) in [7, 11) is 0. The van der Waals surface area contributed by atoms with Crippen LogP contribution in [0.4, 0.5) is 4.79 Å². The Labute approximate surface area is 146 Å². The number of aryl methyl sites for hydroxylation is 1. The van der Waals surface area contributed by atoms with Gasteiger partial charge in [-0.25, -0.2) is 9.78 Å². The fourth-order valence-corrected chi connectivity index (χ4v) is 2.29. The molecular formula is C19H20N4O2. The molecule has 128 valence electrons. The maximum absolute atomic E-state index is 11.8. The van der Waals surface area contributed by atoms with Gasteiger partial charge in [0.15, 0.2) is 0 Å². The molecule has 0 aliphatic carbocycles. The van der Waals surface area contributed by atoms with Crippen LogP contribution in [0.15, 0.2) is 59.3 Å². The van der Waals surface area contributed by atoms with Gasteiger partial charge in [-0.1, -0.05) is 23.8 Å². The minimum absolute atomic E-state index is 0.229. The van der Waals surface area contributed by atoms with Crippen molar-refractivity contribution >= 4 is 6.03 Å². The summed E-state index contributed by atoms with van der Waals surface area (Å²) in [6.07, 6.45) is 3.93. The van der Waals surface area contributed by atoms with Gasteiger partial charge < -0.3 is 15.1 Å². The Kier molecular flexibility index (Phi) is 5.41. The maximum Gasteiger partial charge on any atom is 0.315 e. The topological polar surface area (TPSA) is 80.0 Å². The second-order valence-corrected chi connectivity index (χ2v) is 5.69. The van der Waals surface area contributed by atoms with E-state index in [2.05, 4.69) is 20.6 Å². The van der Waals surface area contributed by atoms with Crippen LogP contribution in [0.2, 0.25) is 0 Å². The van der Waals surface area contributed by atoms with Crippen molar-refractivity contribution < 1.29 is 9.21 Å². The minimum atomic E-state index is -0.229. The molecule has 3 rings (SSSR count). The fourth-order valence-electron chi connectivity index (χ4n) is 2.29. The smallest absolute Gasteiger partial charge is 0.315 e. The molecule has 2 heterocycles. The molecule has 2 N–H and O–H groups in total. The summed E-state index contributed by atoms with van der Waals surface area (Å²) in [5.41, 5.74) is 3.76. The van der Waals surface area contributed by atoms with Gasteiger partial charge in [-0.3, -0.25) is 4.98 Å². The van der Waals surface area contributed by atoms with Crippen molar-refractivity contribution in [3.63, 3.8) is 0 Å². The third kappa shape index (κ3) is 4.91. The molecule has 0 saturated carbocycles. The molecule has 0 saturated heterocycles. The van der Waals surface area contributed by atoms with Crippen LogP contribution in [-0.4, -0.2) is 22.5 Å². The normalized spacial score (nSPS) is 10.4. The van der Waals surface area contributed by atoms with Crippen molar-refractivity contribution in [2.45, 2.75) is 19.9 Å². The third-order valence-electron chi connectivity index (χ3n) is 3.67. The van der Waals surface area contributed by atoms with Gasteiger partial charge in [0.1, 0.15) is 6.26 Å². The van der Waals surface area contributed by atoms with Gasteiger partial charge in [-0.05, 0) is 31.2 Å². The molecule has 0 atom stereocenters. The lowest BCUT2D eigenvalue weighted by molar-refractivity contribution is 0.240. The van der Waals surface area contributed by atoms with E-state index >= 15 is 0 Å². The molecule has 0 bridgehead atoms. The van der Waals surface area contributed by atoms with Gasteiger partial charge in [0.25, 0.3) is 0 Å². The average Bonchev–Trinajstić information content (AvgIpc) is 3.10. The zero-order valence-electron chi connectivity index (χ0n) is 14.0. The Hall–Kier alpha value is -3.15. The van der Waals surface area contributed by atoms with Crippen LogP contribution in [0.25, 0.3) is 11.5 Å². The van der Waals surface area contributed by atoms with E-state index in [0.717, 1.165) is 17.0 Å². The molecule has 0 spiro atoms. The molecule has 25 heavy (non-hydrogen) atoms. The minimum Gasteiger partial charge on any atom is -0.444 e. The number of nitrogens with one attached hydrogen (secondary N) is 2. The fraction of sp³-hybridized carbons (Fsp3) is 0.211. The Bertz CT molecular complexity index is 813. The first-order valence-corrected chi connectivity index (χ1v) is 8.14. The molecule has 6 heteroatoms. The van der Waals surface area contributed by atoms with E-state index in [0.29, 0.717) is 25.4 Å². The van der Waals surface area contributed by atoms with E-state index in [-0.39, 0.29) is 6.03 Å². The molecule has 2 amide bonds. The predicted octanol–water partition coefficient (Wildman–Crippen LogP) is 3.09. The van der Waals surface area contributed by atoms with Crippen LogP contribution in [0.5, 0.6) is 0 Å². The van der Waals surface area contributed by atoms with Crippen LogP contribution in [0, 0.1) is 6.92 Å². The highest BCUT2D eigenvalue weighted by Crippen LogP contribution is 2.19. The third-order valence-corrected chi connectivity index (χ3v) is 3.67. The number of urea groups is 1. The molecule has 0 aliphatic rings. The highest BCUT2D eigenvalue weighted by Gasteiger charge is 2.07. The Morgan fingerprint density at radius 3 is 2.68 bits per heavy atom. The second-order valence-electron chi connectivity index (χ2n) is 5.69. The molecule has 0 aliphatic heterocycles. The van der Waals surface area contributed by atoms with Crippen molar-refractivity contribution in [3.8, 4) is 11.5 Å². The molecule has 2 aromatic heterocycles. The van der Waals surface area contributed by atoms with Crippen molar-refractivity contribution in [1.29, 1.82) is 0 Å². The van der Waals surface area contributed by atoms with Gasteiger partial charge in [0, 0.05) is 24.7 Å². The first kappa shape index (κ1) is 16.7. The predicted molar refractivity (Wildman–Crippen MR) is 94.9 cm³/mol. The Morgan fingerprint density at radius 2 is 1.92 bits per heavy atom. The van der Waals surface area contributed by atoms with Gasteiger partial charge in [0.2, 0.25) is 5.89 Å².